The van der Waals surface area contributed by atoms with Gasteiger partial charge in [-0.05, 0) is 24.6 Å². The van der Waals surface area contributed by atoms with E-state index in [1.165, 1.54) is 4.57 Å². The van der Waals surface area contributed by atoms with Crippen molar-refractivity contribution in [2.24, 2.45) is 7.05 Å². The summed E-state index contributed by atoms with van der Waals surface area (Å²) in [5.41, 5.74) is 1.87. The number of imidazole rings is 2. The van der Waals surface area contributed by atoms with Crippen LogP contribution in [0.2, 0.25) is 0 Å². The van der Waals surface area contributed by atoms with E-state index in [0.29, 0.717) is 23.5 Å². The van der Waals surface area contributed by atoms with E-state index in [2.05, 4.69) is 9.97 Å². The lowest BCUT2D eigenvalue weighted by Crippen LogP contribution is -2.28. The van der Waals surface area contributed by atoms with Crippen LogP contribution in [0.1, 0.15) is 11.3 Å². The largest absolute Gasteiger partial charge is 0.497 e. The monoisotopic (exact) mass is 339 g/mol. The number of methoxy groups -OCH3 is 1. The van der Waals surface area contributed by atoms with Gasteiger partial charge in [-0.25, -0.2) is 4.79 Å². The van der Waals surface area contributed by atoms with Gasteiger partial charge in [0.15, 0.2) is 11.2 Å². The van der Waals surface area contributed by atoms with Crippen molar-refractivity contribution >= 4 is 16.9 Å². The maximum absolute atomic E-state index is 12.2. The number of nitrogens with zero attached hydrogens (tertiary/aromatic N) is 4. The molecule has 1 aromatic carbocycles. The minimum atomic E-state index is -0.475. The van der Waals surface area contributed by atoms with E-state index in [0.717, 1.165) is 17.0 Å². The number of aromatic amines is 1. The fourth-order valence-electron chi connectivity index (χ4n) is 3.03. The highest BCUT2D eigenvalue weighted by atomic mass is 16.5. The zero-order chi connectivity index (χ0) is 17.7. The maximum Gasteiger partial charge on any atom is 0.329 e. The van der Waals surface area contributed by atoms with Crippen molar-refractivity contribution in [3.05, 3.63) is 62.6 Å². The van der Waals surface area contributed by atoms with Crippen LogP contribution >= 0.6 is 0 Å². The van der Waals surface area contributed by atoms with E-state index in [4.69, 9.17) is 4.74 Å². The van der Waals surface area contributed by atoms with Crippen molar-refractivity contribution in [2.45, 2.75) is 13.5 Å². The first-order valence-electron chi connectivity index (χ1n) is 7.79. The summed E-state index contributed by atoms with van der Waals surface area (Å²) < 4.78 is 10.3. The van der Waals surface area contributed by atoms with Crippen LogP contribution < -0.4 is 16.0 Å². The Morgan fingerprint density at radius 2 is 1.92 bits per heavy atom. The molecule has 0 saturated carbocycles. The number of benzene rings is 1. The van der Waals surface area contributed by atoms with Gasteiger partial charge in [0.25, 0.3) is 5.56 Å². The van der Waals surface area contributed by atoms with Crippen LogP contribution in [0.5, 0.6) is 5.75 Å². The molecule has 0 spiro atoms. The molecule has 0 aliphatic rings. The zero-order valence-corrected chi connectivity index (χ0v) is 14.1. The molecule has 0 radical (unpaired) electrons. The van der Waals surface area contributed by atoms with Gasteiger partial charge in [0.2, 0.25) is 5.78 Å². The molecule has 3 aromatic heterocycles. The number of hydrogen-bond donors (Lipinski definition) is 1. The lowest BCUT2D eigenvalue weighted by Gasteiger charge is -2.07. The Morgan fingerprint density at radius 1 is 1.20 bits per heavy atom. The number of hydrogen-bond acceptors (Lipinski definition) is 4. The fraction of sp³-hybridized carbons (Fsp3) is 0.235. The molecule has 0 aliphatic heterocycles. The molecule has 0 unspecified atom stereocenters. The number of H-pyrrole nitrogens is 1. The molecular weight excluding hydrogens is 322 g/mol. The van der Waals surface area contributed by atoms with E-state index in [1.807, 2.05) is 42.0 Å². The van der Waals surface area contributed by atoms with E-state index in [1.54, 1.807) is 18.6 Å². The molecule has 25 heavy (non-hydrogen) atoms. The van der Waals surface area contributed by atoms with Gasteiger partial charge in [0, 0.05) is 18.9 Å². The fourth-order valence-corrected chi connectivity index (χ4v) is 3.03. The van der Waals surface area contributed by atoms with Gasteiger partial charge in [0.1, 0.15) is 5.75 Å². The second kappa shape index (κ2) is 5.37. The summed E-state index contributed by atoms with van der Waals surface area (Å²) in [4.78, 5) is 30.9. The Balaban J connectivity index is 1.92. The Morgan fingerprint density at radius 3 is 2.60 bits per heavy atom. The average Bonchev–Trinajstić information content (AvgIpc) is 3.10. The van der Waals surface area contributed by atoms with E-state index >= 15 is 0 Å². The molecule has 0 saturated heterocycles. The van der Waals surface area contributed by atoms with E-state index in [9.17, 15) is 9.59 Å². The minimum absolute atomic E-state index is 0.368. The summed E-state index contributed by atoms with van der Waals surface area (Å²) in [7, 11) is 3.22. The first-order chi connectivity index (χ1) is 12.0. The highest BCUT2D eigenvalue weighted by Crippen LogP contribution is 2.18. The quantitative estimate of drug-likeness (QED) is 0.604. The lowest BCUT2D eigenvalue weighted by atomic mass is 10.2. The van der Waals surface area contributed by atoms with Crippen molar-refractivity contribution in [3.63, 3.8) is 0 Å². The summed E-state index contributed by atoms with van der Waals surface area (Å²) in [6, 6.07) is 7.78. The molecular formula is C17H17N5O3. The average molecular weight is 339 g/mol. The Hall–Kier alpha value is -3.29. The molecule has 8 nitrogen and oxygen atoms in total. The van der Waals surface area contributed by atoms with Crippen molar-refractivity contribution in [1.29, 1.82) is 0 Å². The molecule has 4 rings (SSSR count). The third-order valence-corrected chi connectivity index (χ3v) is 4.41. The second-order valence-electron chi connectivity index (χ2n) is 5.98. The Kier molecular flexibility index (Phi) is 3.28. The zero-order valence-electron chi connectivity index (χ0n) is 14.1. The number of fused-ring (bicyclic) bond motifs is 3. The molecule has 0 fully saturated rings. The van der Waals surface area contributed by atoms with Crippen LogP contribution in [0.25, 0.3) is 16.9 Å². The van der Waals surface area contributed by atoms with Crippen molar-refractivity contribution < 1.29 is 4.74 Å². The summed E-state index contributed by atoms with van der Waals surface area (Å²) in [5.74, 6) is 1.42. The molecule has 0 atom stereocenters. The molecule has 4 aromatic rings. The maximum atomic E-state index is 12.2. The van der Waals surface area contributed by atoms with Gasteiger partial charge >= 0.3 is 5.69 Å². The first kappa shape index (κ1) is 15.3. The molecule has 128 valence electrons. The predicted octanol–water partition coefficient (Wildman–Crippen LogP) is 1.04. The first-order valence-corrected chi connectivity index (χ1v) is 7.79. The van der Waals surface area contributed by atoms with Crippen LogP contribution in [-0.2, 0) is 13.6 Å². The van der Waals surface area contributed by atoms with Gasteiger partial charge in [-0.15, -0.1) is 0 Å². The van der Waals surface area contributed by atoms with Crippen molar-refractivity contribution in [1.82, 2.24) is 23.5 Å². The van der Waals surface area contributed by atoms with Crippen LogP contribution in [0.15, 0.2) is 40.1 Å². The van der Waals surface area contributed by atoms with Gasteiger partial charge in [0.05, 0.1) is 13.7 Å². The number of aryl methyl sites for hydroxylation is 2. The Labute approximate surface area is 141 Å². The van der Waals surface area contributed by atoms with Crippen molar-refractivity contribution in [2.75, 3.05) is 7.11 Å². The topological polar surface area (TPSA) is 86.3 Å². The number of ether oxygens (including phenoxy) is 1. The normalized spacial score (nSPS) is 11.5. The van der Waals surface area contributed by atoms with E-state index < -0.39 is 11.2 Å². The van der Waals surface area contributed by atoms with Crippen molar-refractivity contribution in [3.8, 4) is 5.75 Å². The smallest absolute Gasteiger partial charge is 0.329 e. The van der Waals surface area contributed by atoms with E-state index in [-0.39, 0.29) is 0 Å². The number of nitrogens with one attached hydrogen (secondary N) is 1. The number of aromatic nitrogens is 5. The summed E-state index contributed by atoms with van der Waals surface area (Å²) in [5, 5.41) is 0. The summed E-state index contributed by atoms with van der Waals surface area (Å²) in [6.07, 6.45) is 1.86. The standard InChI is InChI=1S/C17H17N5O3/c1-10-8-22-13-14(20(2)17(24)19-15(13)23)18-16(22)21(10)9-11-4-6-12(25-3)7-5-11/h4-8H,9H2,1-3H3,(H,19,23,24). The van der Waals surface area contributed by atoms with Gasteiger partial charge in [-0.1, -0.05) is 12.1 Å². The van der Waals surface area contributed by atoms with Gasteiger partial charge < -0.3 is 9.30 Å². The van der Waals surface area contributed by atoms with Crippen LogP contribution in [0.4, 0.5) is 0 Å². The van der Waals surface area contributed by atoms with Crippen LogP contribution in [-0.4, -0.2) is 30.6 Å². The number of rotatable bonds is 3. The molecule has 3 heterocycles. The molecule has 0 amide bonds. The molecule has 0 aliphatic carbocycles. The summed E-state index contributed by atoms with van der Waals surface area (Å²) in [6.45, 7) is 2.56. The third-order valence-electron chi connectivity index (χ3n) is 4.41. The summed E-state index contributed by atoms with van der Waals surface area (Å²) >= 11 is 0. The molecule has 1 N–H and O–H groups in total. The lowest BCUT2D eigenvalue weighted by molar-refractivity contribution is 0.414. The molecule has 8 heteroatoms. The Bertz CT molecular complexity index is 1210. The third kappa shape index (κ3) is 2.25. The predicted molar refractivity (Wildman–Crippen MR) is 93.4 cm³/mol. The SMILES string of the molecule is COc1ccc(Cn2c(C)cn3c4c(=O)[nH]c(=O)n(C)c4nc23)cc1. The molecule has 0 bridgehead atoms. The highest BCUT2D eigenvalue weighted by Gasteiger charge is 2.17. The van der Waals surface area contributed by atoms with Gasteiger partial charge in [-0.3, -0.25) is 18.7 Å². The van der Waals surface area contributed by atoms with Crippen LogP contribution in [0, 0.1) is 6.92 Å². The minimum Gasteiger partial charge on any atom is -0.497 e. The second-order valence-corrected chi connectivity index (χ2v) is 5.98. The van der Waals surface area contributed by atoms with Crippen LogP contribution in [0.3, 0.4) is 0 Å². The van der Waals surface area contributed by atoms with Gasteiger partial charge in [-0.2, -0.15) is 4.98 Å². The highest BCUT2D eigenvalue weighted by molar-refractivity contribution is 5.75.